The van der Waals surface area contributed by atoms with Crippen molar-refractivity contribution in [3.05, 3.63) is 10.4 Å². The highest BCUT2D eigenvalue weighted by atomic mass is 16.6. The molecule has 1 saturated heterocycles. The lowest BCUT2D eigenvalue weighted by molar-refractivity contribution is -1.07. The Labute approximate surface area is 76.2 Å². The van der Waals surface area contributed by atoms with E-state index in [1.165, 1.54) is 0 Å². The highest BCUT2D eigenvalue weighted by molar-refractivity contribution is 4.75. The lowest BCUT2D eigenvalue weighted by atomic mass is 9.90. The van der Waals surface area contributed by atoms with E-state index in [0.29, 0.717) is 0 Å². The minimum Gasteiger partial charge on any atom is -0.631 e. The van der Waals surface area contributed by atoms with E-state index >= 15 is 0 Å². The number of quaternary nitrogens is 2. The van der Waals surface area contributed by atoms with Gasteiger partial charge in [0, 0.05) is 12.8 Å². The topological polar surface area (TPSA) is 87.3 Å². The van der Waals surface area contributed by atoms with Crippen molar-refractivity contribution in [3.63, 3.8) is 0 Å². The van der Waals surface area contributed by atoms with Crippen molar-refractivity contribution in [2.24, 2.45) is 0 Å². The molecule has 5 atom stereocenters. The zero-order valence-electron chi connectivity index (χ0n) is 7.32. The molecule has 2 aliphatic rings. The lowest BCUT2D eigenvalue weighted by Gasteiger charge is -2.49. The smallest absolute Gasteiger partial charge is 0.291 e. The molecule has 2 rings (SSSR count). The van der Waals surface area contributed by atoms with Gasteiger partial charge in [-0.1, -0.05) is 5.43 Å². The van der Waals surface area contributed by atoms with Crippen LogP contribution in [0.3, 0.4) is 0 Å². The molecule has 1 aliphatic carbocycles. The number of aliphatic hydroxyl groups is 1. The number of aliphatic hydroxyl groups excluding tert-OH is 1. The van der Waals surface area contributed by atoms with E-state index in [4.69, 9.17) is 0 Å². The number of hydroxylamine groups is 3. The van der Waals surface area contributed by atoms with Crippen LogP contribution in [0.15, 0.2) is 0 Å². The van der Waals surface area contributed by atoms with Gasteiger partial charge in [-0.25, -0.2) is 0 Å². The molecule has 6 heteroatoms. The van der Waals surface area contributed by atoms with E-state index in [1.807, 2.05) is 0 Å². The minimum atomic E-state index is -1.26. The first-order valence-corrected chi connectivity index (χ1v) is 4.72. The molecule has 6 nitrogen and oxygen atoms in total. The summed E-state index contributed by atoms with van der Waals surface area (Å²) < 4.78 is 0. The van der Waals surface area contributed by atoms with Crippen LogP contribution in [0.1, 0.15) is 25.7 Å². The Kier molecular flexibility index (Phi) is 2.50. The number of rotatable bonds is 0. The zero-order chi connectivity index (χ0) is 9.42. The molecule has 0 aromatic rings. The third-order valence-electron chi connectivity index (χ3n) is 3.02. The fourth-order valence-corrected chi connectivity index (χ4v) is 2.30. The summed E-state index contributed by atoms with van der Waals surface area (Å²) in [5.74, 6) is 0. The monoisotopic (exact) mass is 189 g/mol. The van der Waals surface area contributed by atoms with E-state index in [-0.39, 0.29) is 22.3 Å². The Hall–Kier alpha value is -0.240. The van der Waals surface area contributed by atoms with Crippen molar-refractivity contribution in [2.75, 3.05) is 0 Å². The highest BCUT2D eigenvalue weighted by Crippen LogP contribution is 2.15. The van der Waals surface area contributed by atoms with Crippen LogP contribution < -0.4 is 15.7 Å². The fourth-order valence-electron chi connectivity index (χ4n) is 2.30. The van der Waals surface area contributed by atoms with Gasteiger partial charge in [0.2, 0.25) is 0 Å². The van der Waals surface area contributed by atoms with Crippen LogP contribution in [-0.4, -0.2) is 23.5 Å². The summed E-state index contributed by atoms with van der Waals surface area (Å²) in [6.07, 6.45) is 2.29. The summed E-state index contributed by atoms with van der Waals surface area (Å²) in [7, 11) is 0. The molecule has 1 heterocycles. The van der Waals surface area contributed by atoms with Crippen molar-refractivity contribution in [2.45, 2.75) is 44.1 Å². The van der Waals surface area contributed by atoms with E-state index in [2.05, 4.69) is 5.43 Å². The maximum absolute atomic E-state index is 11.4. The van der Waals surface area contributed by atoms with E-state index in [1.54, 1.807) is 0 Å². The van der Waals surface area contributed by atoms with Gasteiger partial charge in [-0.2, -0.15) is 0 Å². The molecule has 0 amide bonds. The van der Waals surface area contributed by atoms with Crippen molar-refractivity contribution >= 4 is 0 Å². The molecule has 4 N–H and O–H groups in total. The second kappa shape index (κ2) is 3.49. The van der Waals surface area contributed by atoms with E-state index < -0.39 is 6.35 Å². The SMILES string of the molecule is [O-][NH+]1NC(O)[NH+]([O-])C2CCCCC21. The lowest BCUT2D eigenvalue weighted by Crippen LogP contribution is -3.36. The van der Waals surface area contributed by atoms with Crippen LogP contribution in [0.4, 0.5) is 0 Å². The molecule has 1 saturated carbocycles. The van der Waals surface area contributed by atoms with Gasteiger partial charge in [-0.05, 0) is 12.8 Å². The molecule has 0 radical (unpaired) electrons. The van der Waals surface area contributed by atoms with Crippen molar-refractivity contribution in [3.8, 4) is 0 Å². The summed E-state index contributed by atoms with van der Waals surface area (Å²) in [6, 6.07) is -0.401. The van der Waals surface area contributed by atoms with Gasteiger partial charge in [0.1, 0.15) is 6.04 Å². The molecule has 13 heavy (non-hydrogen) atoms. The van der Waals surface area contributed by atoms with E-state index in [0.717, 1.165) is 25.7 Å². The molecule has 2 fully saturated rings. The average Bonchev–Trinajstić information content (AvgIpc) is 2.15. The van der Waals surface area contributed by atoms with Gasteiger partial charge in [-0.15, -0.1) is 0 Å². The molecule has 0 aromatic carbocycles. The molecular formula is C7H15N3O3. The predicted molar refractivity (Wildman–Crippen MR) is 43.8 cm³/mol. The normalized spacial score (nSPS) is 51.5. The zero-order valence-corrected chi connectivity index (χ0v) is 7.32. The standard InChI is InChI=1S/C7H15N3O3/c11-7-8-10(13)6-4-2-1-3-5(6)9(7)12/h5-11H,1-4H2. The largest absolute Gasteiger partial charge is 0.631 e. The summed E-state index contributed by atoms with van der Waals surface area (Å²) in [4.78, 5) is 0. The van der Waals surface area contributed by atoms with Crippen LogP contribution in [0.25, 0.3) is 0 Å². The average molecular weight is 189 g/mol. The maximum atomic E-state index is 11.4. The molecule has 76 valence electrons. The second-order valence-electron chi connectivity index (χ2n) is 3.81. The quantitative estimate of drug-likeness (QED) is 0.303. The van der Waals surface area contributed by atoms with Gasteiger partial charge in [-0.3, -0.25) is 5.17 Å². The fraction of sp³-hybridized carbons (Fsp3) is 1.00. The van der Waals surface area contributed by atoms with Gasteiger partial charge in [0.25, 0.3) is 6.35 Å². The van der Waals surface area contributed by atoms with Crippen LogP contribution in [0, 0.1) is 10.4 Å². The number of hydrogen-bond donors (Lipinski definition) is 4. The van der Waals surface area contributed by atoms with Crippen LogP contribution in [0.2, 0.25) is 0 Å². The molecule has 0 bridgehead atoms. The van der Waals surface area contributed by atoms with E-state index in [9.17, 15) is 15.5 Å². The Balaban J connectivity index is 2.10. The third-order valence-corrected chi connectivity index (χ3v) is 3.02. The molecular weight excluding hydrogens is 174 g/mol. The van der Waals surface area contributed by atoms with Crippen molar-refractivity contribution in [1.29, 1.82) is 0 Å². The Bertz CT molecular complexity index is 192. The summed E-state index contributed by atoms with van der Waals surface area (Å²) in [6.45, 7) is 0. The summed E-state index contributed by atoms with van der Waals surface area (Å²) >= 11 is 0. The Morgan fingerprint density at radius 2 is 1.77 bits per heavy atom. The number of hydrogen-bond acceptors (Lipinski definition) is 4. The third kappa shape index (κ3) is 1.56. The minimum absolute atomic E-state index is 0.156. The predicted octanol–water partition coefficient (Wildman–Crippen LogP) is -3.14. The molecule has 0 aromatic heterocycles. The van der Waals surface area contributed by atoms with Crippen LogP contribution >= 0.6 is 0 Å². The van der Waals surface area contributed by atoms with Gasteiger partial charge in [0.15, 0.2) is 6.04 Å². The first kappa shape index (κ1) is 9.32. The molecule has 0 spiro atoms. The van der Waals surface area contributed by atoms with Gasteiger partial charge in [0.05, 0.1) is 0 Å². The maximum Gasteiger partial charge on any atom is 0.291 e. The first-order chi connectivity index (χ1) is 6.20. The first-order valence-electron chi connectivity index (χ1n) is 4.72. The van der Waals surface area contributed by atoms with Gasteiger partial charge >= 0.3 is 0 Å². The number of fused-ring (bicyclic) bond motifs is 1. The Morgan fingerprint density at radius 1 is 1.15 bits per heavy atom. The van der Waals surface area contributed by atoms with Crippen molar-refractivity contribution < 1.29 is 15.3 Å². The summed E-state index contributed by atoms with van der Waals surface area (Å²) in [5.41, 5.74) is 2.30. The second-order valence-corrected chi connectivity index (χ2v) is 3.81. The molecule has 5 unspecified atom stereocenters. The van der Waals surface area contributed by atoms with Crippen LogP contribution in [-0.2, 0) is 0 Å². The highest BCUT2D eigenvalue weighted by Gasteiger charge is 2.42. The van der Waals surface area contributed by atoms with Crippen molar-refractivity contribution in [1.82, 2.24) is 5.43 Å². The number of nitrogens with one attached hydrogen (secondary N) is 3. The van der Waals surface area contributed by atoms with Crippen LogP contribution in [0.5, 0.6) is 0 Å². The van der Waals surface area contributed by atoms with Gasteiger partial charge < -0.3 is 20.6 Å². The molecule has 1 aliphatic heterocycles. The Morgan fingerprint density at radius 3 is 2.46 bits per heavy atom. The summed E-state index contributed by atoms with van der Waals surface area (Å²) in [5, 5.41) is 31.6.